The number of fused-ring (bicyclic) bond motifs is 1. The van der Waals surface area contributed by atoms with E-state index in [4.69, 9.17) is 21.1 Å². The number of benzene rings is 4. The molecule has 0 amide bonds. The number of halogens is 1. The van der Waals surface area contributed by atoms with Crippen molar-refractivity contribution in [3.63, 3.8) is 0 Å². The number of aromatic carboxylic acids is 1. The van der Waals surface area contributed by atoms with Gasteiger partial charge in [0.1, 0.15) is 23.0 Å². The van der Waals surface area contributed by atoms with E-state index in [2.05, 4.69) is 11.4 Å². The number of nitrogens with one attached hydrogen (secondary N) is 1. The molecule has 194 valence electrons. The van der Waals surface area contributed by atoms with Gasteiger partial charge in [-0.15, -0.1) is 0 Å². The lowest BCUT2D eigenvalue weighted by Gasteiger charge is -2.27. The van der Waals surface area contributed by atoms with Crippen LogP contribution in [0.1, 0.15) is 39.6 Å². The van der Waals surface area contributed by atoms with E-state index in [1.165, 1.54) is 23.3 Å². The third kappa shape index (κ3) is 6.53. The molecule has 0 spiro atoms. The molecule has 0 fully saturated rings. The van der Waals surface area contributed by atoms with Crippen molar-refractivity contribution in [3.8, 4) is 23.0 Å². The summed E-state index contributed by atoms with van der Waals surface area (Å²) < 4.78 is 12.0. The Hall–Kier alpha value is -3.84. The Bertz CT molecular complexity index is 1430. The molecule has 0 unspecified atom stereocenters. The van der Waals surface area contributed by atoms with Gasteiger partial charge in [0.2, 0.25) is 0 Å². The molecule has 0 aliphatic heterocycles. The second-order valence-corrected chi connectivity index (χ2v) is 9.80. The fraction of sp³-hybridized carbons (Fsp3) is 0.194. The highest BCUT2D eigenvalue weighted by Crippen LogP contribution is 2.33. The highest BCUT2D eigenvalue weighted by Gasteiger charge is 2.20. The smallest absolute Gasteiger partial charge is 0.335 e. The first-order chi connectivity index (χ1) is 18.4. The fourth-order valence-corrected chi connectivity index (χ4v) is 4.85. The third-order valence-corrected chi connectivity index (χ3v) is 6.82. The number of hydrogen-bond donors (Lipinski definition) is 3. The topological polar surface area (TPSA) is 88.0 Å². The van der Waals surface area contributed by atoms with E-state index in [1.807, 2.05) is 42.5 Å². The van der Waals surface area contributed by atoms with E-state index in [9.17, 15) is 15.0 Å². The number of aryl methyl sites for hydroxylation is 1. The number of carbonyl (C=O) groups is 1. The number of para-hydroxylation sites is 1. The molecule has 0 aromatic heterocycles. The first-order valence-electron chi connectivity index (χ1n) is 12.5. The quantitative estimate of drug-likeness (QED) is 0.221. The molecule has 4 aromatic carbocycles. The van der Waals surface area contributed by atoms with Crippen LogP contribution in [-0.4, -0.2) is 28.8 Å². The molecule has 6 nitrogen and oxygen atoms in total. The number of carboxylic acid groups (broad SMARTS) is 1. The van der Waals surface area contributed by atoms with Crippen LogP contribution in [0.4, 0.5) is 0 Å². The zero-order valence-corrected chi connectivity index (χ0v) is 21.4. The summed E-state index contributed by atoms with van der Waals surface area (Å²) in [6.07, 6.45) is 2.05. The summed E-state index contributed by atoms with van der Waals surface area (Å²) in [7, 11) is 0. The Morgan fingerprint density at radius 1 is 0.868 bits per heavy atom. The number of aliphatic hydroxyl groups is 1. The molecule has 0 bridgehead atoms. The van der Waals surface area contributed by atoms with Gasteiger partial charge in [0.25, 0.3) is 0 Å². The highest BCUT2D eigenvalue weighted by atomic mass is 35.5. The molecule has 0 radical (unpaired) electrons. The Kier molecular flexibility index (Phi) is 7.94. The molecular weight excluding hydrogens is 502 g/mol. The van der Waals surface area contributed by atoms with Crippen LogP contribution >= 0.6 is 11.6 Å². The molecule has 0 heterocycles. The van der Waals surface area contributed by atoms with Crippen molar-refractivity contribution in [2.75, 3.05) is 6.54 Å². The molecular formula is C31H28ClNO5. The van der Waals surface area contributed by atoms with Crippen molar-refractivity contribution in [2.45, 2.75) is 31.4 Å². The third-order valence-electron chi connectivity index (χ3n) is 6.58. The molecule has 0 saturated heterocycles. The molecule has 7 heteroatoms. The van der Waals surface area contributed by atoms with Crippen molar-refractivity contribution < 1.29 is 24.5 Å². The van der Waals surface area contributed by atoms with Gasteiger partial charge >= 0.3 is 5.97 Å². The van der Waals surface area contributed by atoms with Crippen molar-refractivity contribution >= 4 is 17.6 Å². The number of rotatable bonds is 9. The van der Waals surface area contributed by atoms with Crippen LogP contribution in [0.5, 0.6) is 23.0 Å². The Morgan fingerprint density at radius 2 is 1.63 bits per heavy atom. The number of aliphatic hydroxyl groups excluding tert-OH is 1. The first kappa shape index (κ1) is 25.8. The second kappa shape index (κ2) is 11.7. The Morgan fingerprint density at radius 3 is 2.37 bits per heavy atom. The van der Waals surface area contributed by atoms with E-state index in [-0.39, 0.29) is 11.6 Å². The van der Waals surface area contributed by atoms with Crippen LogP contribution in [0, 0.1) is 0 Å². The minimum atomic E-state index is -1.06. The summed E-state index contributed by atoms with van der Waals surface area (Å²) >= 11 is 6.06. The van der Waals surface area contributed by atoms with Crippen LogP contribution in [0.2, 0.25) is 5.02 Å². The Balaban J connectivity index is 1.27. The maximum atomic E-state index is 11.7. The maximum absolute atomic E-state index is 11.7. The average molecular weight is 530 g/mol. The van der Waals surface area contributed by atoms with Gasteiger partial charge in [-0.3, -0.25) is 0 Å². The number of ether oxygens (including phenoxy) is 2. The molecule has 1 aliphatic carbocycles. The number of hydrogen-bond acceptors (Lipinski definition) is 5. The zero-order chi connectivity index (χ0) is 26.5. The van der Waals surface area contributed by atoms with Crippen molar-refractivity contribution in [3.05, 3.63) is 118 Å². The van der Waals surface area contributed by atoms with Gasteiger partial charge in [0, 0.05) is 23.7 Å². The molecule has 0 saturated carbocycles. The summed E-state index contributed by atoms with van der Waals surface area (Å²) in [5.41, 5.74) is 3.29. The second-order valence-electron chi connectivity index (χ2n) is 9.36. The SMILES string of the molecule is O=C(O)c1cc(Oc2ccccc2)cc(Oc2ccc3c(c2)C[C@@H](NC[C@H](O)c2cccc(Cl)c2)CC3)c1. The highest BCUT2D eigenvalue weighted by molar-refractivity contribution is 6.30. The fourth-order valence-electron chi connectivity index (χ4n) is 4.65. The predicted molar refractivity (Wildman–Crippen MR) is 147 cm³/mol. The van der Waals surface area contributed by atoms with Gasteiger partial charge in [-0.05, 0) is 84.5 Å². The van der Waals surface area contributed by atoms with Crippen LogP contribution in [0.3, 0.4) is 0 Å². The van der Waals surface area contributed by atoms with E-state index in [0.29, 0.717) is 34.6 Å². The standard InChI is InChI=1S/C31H28ClNO5/c32-24-6-4-5-21(13-24)30(34)19-33-25-11-9-20-10-12-27(15-22(20)14-25)38-29-17-23(31(35)36)16-28(18-29)37-26-7-2-1-3-8-26/h1-8,10,12-13,15-18,25,30,33-34H,9,11,14,19H2,(H,35,36)/t25-,30-/m0/s1. The van der Waals surface area contributed by atoms with Gasteiger partial charge in [0.05, 0.1) is 11.7 Å². The first-order valence-corrected chi connectivity index (χ1v) is 12.9. The molecule has 38 heavy (non-hydrogen) atoms. The van der Waals surface area contributed by atoms with Crippen LogP contribution in [-0.2, 0) is 12.8 Å². The average Bonchev–Trinajstić information content (AvgIpc) is 2.92. The lowest BCUT2D eigenvalue weighted by atomic mass is 9.88. The van der Waals surface area contributed by atoms with Crippen molar-refractivity contribution in [1.29, 1.82) is 0 Å². The van der Waals surface area contributed by atoms with Gasteiger partial charge in [0.15, 0.2) is 0 Å². The summed E-state index contributed by atoms with van der Waals surface area (Å²) in [4.78, 5) is 11.7. The van der Waals surface area contributed by atoms with Crippen LogP contribution < -0.4 is 14.8 Å². The predicted octanol–water partition coefficient (Wildman–Crippen LogP) is 6.80. The molecule has 4 aromatic rings. The minimum Gasteiger partial charge on any atom is -0.478 e. The van der Waals surface area contributed by atoms with Crippen molar-refractivity contribution in [1.82, 2.24) is 5.32 Å². The zero-order valence-electron chi connectivity index (χ0n) is 20.6. The molecule has 3 N–H and O–H groups in total. The molecule has 1 aliphatic rings. The minimum absolute atomic E-state index is 0.0777. The summed E-state index contributed by atoms with van der Waals surface area (Å²) in [6, 6.07) is 27.3. The number of carboxylic acids is 1. The Labute approximate surface area is 226 Å². The summed E-state index contributed by atoms with van der Waals surface area (Å²) in [5, 5.41) is 24.2. The molecule has 5 rings (SSSR count). The van der Waals surface area contributed by atoms with Crippen LogP contribution in [0.15, 0.2) is 91.0 Å². The normalized spacial score (nSPS) is 15.4. The van der Waals surface area contributed by atoms with E-state index in [1.54, 1.807) is 30.3 Å². The van der Waals surface area contributed by atoms with Gasteiger partial charge in [-0.1, -0.05) is 48.0 Å². The van der Waals surface area contributed by atoms with Gasteiger partial charge < -0.3 is 25.0 Å². The monoisotopic (exact) mass is 529 g/mol. The lowest BCUT2D eigenvalue weighted by molar-refractivity contribution is 0.0696. The van der Waals surface area contributed by atoms with Gasteiger partial charge in [-0.2, -0.15) is 0 Å². The largest absolute Gasteiger partial charge is 0.478 e. The summed E-state index contributed by atoms with van der Waals surface area (Å²) in [6.45, 7) is 0.433. The summed E-state index contributed by atoms with van der Waals surface area (Å²) in [5.74, 6) is 0.926. The van der Waals surface area contributed by atoms with Crippen molar-refractivity contribution in [2.24, 2.45) is 0 Å². The van der Waals surface area contributed by atoms with Crippen LogP contribution in [0.25, 0.3) is 0 Å². The van der Waals surface area contributed by atoms with E-state index in [0.717, 1.165) is 24.8 Å². The van der Waals surface area contributed by atoms with E-state index >= 15 is 0 Å². The van der Waals surface area contributed by atoms with Gasteiger partial charge in [-0.25, -0.2) is 4.79 Å². The maximum Gasteiger partial charge on any atom is 0.335 e. The van der Waals surface area contributed by atoms with E-state index < -0.39 is 12.1 Å². The molecule has 2 atom stereocenters. The lowest BCUT2D eigenvalue weighted by Crippen LogP contribution is -2.37.